The van der Waals surface area contributed by atoms with Crippen LogP contribution in [0.3, 0.4) is 0 Å². The average Bonchev–Trinajstić information content (AvgIpc) is 2.83. The van der Waals surface area contributed by atoms with Gasteiger partial charge in [0.25, 0.3) is 0 Å². The normalized spacial score (nSPS) is 52.5. The molecule has 16 nitrogen and oxygen atoms in total. The van der Waals surface area contributed by atoms with Crippen molar-refractivity contribution in [3.8, 4) is 0 Å². The summed E-state index contributed by atoms with van der Waals surface area (Å²) in [7, 11) is 0. The molecule has 200 valence electrons. The molecule has 0 unspecified atom stereocenters. The molecule has 0 bridgehead atoms. The quantitative estimate of drug-likeness (QED) is 0.154. The van der Waals surface area contributed by atoms with Gasteiger partial charge in [-0.3, -0.25) is 0 Å². The number of ether oxygens (including phenoxy) is 5. The molecule has 3 aliphatic rings. The van der Waals surface area contributed by atoms with E-state index in [4.69, 9.17) is 23.7 Å². The summed E-state index contributed by atoms with van der Waals surface area (Å²) in [5.74, 6) is 0. The first-order chi connectivity index (χ1) is 16.0. The predicted octanol–water partition coefficient (Wildman–Crippen LogP) is -7.57. The van der Waals surface area contributed by atoms with Gasteiger partial charge in [0.05, 0.1) is 19.8 Å². The molecule has 0 aromatic carbocycles. The van der Waals surface area contributed by atoms with Crippen molar-refractivity contribution in [2.24, 2.45) is 0 Å². The summed E-state index contributed by atoms with van der Waals surface area (Å²) >= 11 is 0. The topological polar surface area (TPSA) is 269 Å². The molecular weight excluding hydrogens is 472 g/mol. The lowest BCUT2D eigenvalue weighted by atomic mass is 9.96. The van der Waals surface area contributed by atoms with E-state index >= 15 is 0 Å². The van der Waals surface area contributed by atoms with Crippen LogP contribution < -0.4 is 0 Å². The largest absolute Gasteiger partial charge is 0.394 e. The average molecular weight is 504 g/mol. The maximum Gasteiger partial charge on any atom is 0.187 e. The molecule has 3 heterocycles. The summed E-state index contributed by atoms with van der Waals surface area (Å²) in [6, 6.07) is 0. The molecule has 34 heavy (non-hydrogen) atoms. The van der Waals surface area contributed by atoms with Crippen LogP contribution in [0.25, 0.3) is 0 Å². The minimum Gasteiger partial charge on any atom is -0.394 e. The van der Waals surface area contributed by atoms with Crippen molar-refractivity contribution in [2.75, 3.05) is 19.8 Å². The van der Waals surface area contributed by atoms with Gasteiger partial charge < -0.3 is 79.9 Å². The molecule has 3 rings (SSSR count). The van der Waals surface area contributed by atoms with E-state index in [-0.39, 0.29) is 0 Å². The predicted molar refractivity (Wildman–Crippen MR) is 101 cm³/mol. The van der Waals surface area contributed by atoms with Crippen molar-refractivity contribution < 1.29 is 79.9 Å². The van der Waals surface area contributed by atoms with Crippen LogP contribution in [0.15, 0.2) is 0 Å². The molecule has 3 aliphatic heterocycles. The van der Waals surface area contributed by atoms with Crippen molar-refractivity contribution in [2.45, 2.75) is 92.1 Å². The van der Waals surface area contributed by atoms with Crippen molar-refractivity contribution in [3.63, 3.8) is 0 Å². The Kier molecular flexibility index (Phi) is 9.54. The van der Waals surface area contributed by atoms with Gasteiger partial charge in [0.1, 0.15) is 73.2 Å². The SMILES string of the molecule is OC[C@H]1O[C@@H](O[C@@H]2[C@@H](O)[C@@H](O[C@H]3[C@H](O)[C@@H](O)[C@@H](O)O[C@@H]3CO)O[C@H](CO)[C@H]2O)[C@H](O)[C@@H](O)[C@@H]1O. The first kappa shape index (κ1) is 27.9. The fraction of sp³-hybridized carbons (Fsp3) is 1.00. The van der Waals surface area contributed by atoms with E-state index in [2.05, 4.69) is 0 Å². The van der Waals surface area contributed by atoms with E-state index in [0.717, 1.165) is 0 Å². The fourth-order valence-electron chi connectivity index (χ4n) is 4.05. The summed E-state index contributed by atoms with van der Waals surface area (Å²) in [6.45, 7) is -2.34. The lowest BCUT2D eigenvalue weighted by Crippen LogP contribution is -2.66. The second-order valence-corrected chi connectivity index (χ2v) is 8.33. The Morgan fingerprint density at radius 3 is 1.50 bits per heavy atom. The van der Waals surface area contributed by atoms with E-state index in [1.807, 2.05) is 0 Å². The lowest BCUT2D eigenvalue weighted by molar-refractivity contribution is -0.378. The van der Waals surface area contributed by atoms with Crippen molar-refractivity contribution in [3.05, 3.63) is 0 Å². The summed E-state index contributed by atoms with van der Waals surface area (Å²) in [5, 5.41) is 109. The number of rotatable bonds is 7. The maximum absolute atomic E-state index is 10.8. The molecule has 0 aromatic rings. The fourth-order valence-corrected chi connectivity index (χ4v) is 4.05. The maximum atomic E-state index is 10.8. The molecular formula is C18H32O16. The van der Waals surface area contributed by atoms with Crippen LogP contribution in [0, 0.1) is 0 Å². The highest BCUT2D eigenvalue weighted by Crippen LogP contribution is 2.32. The summed E-state index contributed by atoms with van der Waals surface area (Å²) in [4.78, 5) is 0. The van der Waals surface area contributed by atoms with Gasteiger partial charge in [0.2, 0.25) is 0 Å². The van der Waals surface area contributed by atoms with Gasteiger partial charge >= 0.3 is 0 Å². The summed E-state index contributed by atoms with van der Waals surface area (Å²) in [5.41, 5.74) is 0. The Hall–Kier alpha value is -0.640. The van der Waals surface area contributed by atoms with Crippen LogP contribution in [0.4, 0.5) is 0 Å². The molecule has 11 N–H and O–H groups in total. The van der Waals surface area contributed by atoms with Crippen LogP contribution in [0.2, 0.25) is 0 Å². The van der Waals surface area contributed by atoms with E-state index in [0.29, 0.717) is 0 Å². The molecule has 3 saturated heterocycles. The van der Waals surface area contributed by atoms with E-state index < -0.39 is 112 Å². The molecule has 0 radical (unpaired) electrons. The Labute approximate surface area is 192 Å². The van der Waals surface area contributed by atoms with Gasteiger partial charge in [-0.2, -0.15) is 0 Å². The highest BCUT2D eigenvalue weighted by atomic mass is 16.7. The number of aliphatic hydroxyl groups is 11. The summed E-state index contributed by atoms with van der Waals surface area (Å²) in [6.07, 6.45) is -25.4. The number of aliphatic hydroxyl groups excluding tert-OH is 11. The van der Waals surface area contributed by atoms with E-state index in [9.17, 15) is 56.2 Å². The van der Waals surface area contributed by atoms with Crippen molar-refractivity contribution >= 4 is 0 Å². The molecule has 0 aliphatic carbocycles. The standard InChI is InChI=1S/C18H32O16/c19-1-4-7(22)9(24)12(27)17(31-4)34-15-8(23)5(2-20)32-18(13(15)28)33-14-6(3-21)30-16(29)11(26)10(14)25/h4-29H,1-3H2/t4-,5-,6-,7-,8-,9+,10-,11-,12-,13-,14-,15+,16+,17+,18-/m1/s1. The third-order valence-electron chi connectivity index (χ3n) is 6.09. The second-order valence-electron chi connectivity index (χ2n) is 8.33. The molecule has 0 saturated carbocycles. The smallest absolute Gasteiger partial charge is 0.187 e. The minimum absolute atomic E-state index is 0.759. The van der Waals surface area contributed by atoms with Gasteiger partial charge in [-0.05, 0) is 0 Å². The molecule has 15 atom stereocenters. The van der Waals surface area contributed by atoms with Crippen LogP contribution in [0.1, 0.15) is 0 Å². The van der Waals surface area contributed by atoms with Gasteiger partial charge in [0.15, 0.2) is 18.9 Å². The van der Waals surface area contributed by atoms with Crippen LogP contribution in [-0.4, -0.2) is 168 Å². The third kappa shape index (κ3) is 5.37. The van der Waals surface area contributed by atoms with Gasteiger partial charge in [0, 0.05) is 0 Å². The van der Waals surface area contributed by atoms with E-state index in [1.165, 1.54) is 0 Å². The monoisotopic (exact) mass is 504 g/mol. The zero-order valence-electron chi connectivity index (χ0n) is 17.7. The van der Waals surface area contributed by atoms with Gasteiger partial charge in [-0.25, -0.2) is 0 Å². The molecule has 0 amide bonds. The molecule has 3 fully saturated rings. The highest BCUT2D eigenvalue weighted by molar-refractivity contribution is 4.96. The molecule has 0 spiro atoms. The Balaban J connectivity index is 1.78. The zero-order chi connectivity index (χ0) is 25.3. The lowest BCUT2D eigenvalue weighted by Gasteiger charge is -2.47. The summed E-state index contributed by atoms with van der Waals surface area (Å²) < 4.78 is 26.4. The Morgan fingerprint density at radius 1 is 0.441 bits per heavy atom. The molecule has 16 heteroatoms. The molecule has 0 aromatic heterocycles. The second kappa shape index (κ2) is 11.6. The zero-order valence-corrected chi connectivity index (χ0v) is 17.7. The van der Waals surface area contributed by atoms with Crippen LogP contribution >= 0.6 is 0 Å². The number of hydrogen-bond donors (Lipinski definition) is 11. The third-order valence-corrected chi connectivity index (χ3v) is 6.09. The van der Waals surface area contributed by atoms with Crippen molar-refractivity contribution in [1.82, 2.24) is 0 Å². The first-order valence-corrected chi connectivity index (χ1v) is 10.6. The van der Waals surface area contributed by atoms with E-state index in [1.54, 1.807) is 0 Å². The van der Waals surface area contributed by atoms with Crippen LogP contribution in [-0.2, 0) is 23.7 Å². The highest BCUT2D eigenvalue weighted by Gasteiger charge is 2.53. The van der Waals surface area contributed by atoms with Gasteiger partial charge in [-0.1, -0.05) is 0 Å². The Morgan fingerprint density at radius 2 is 0.941 bits per heavy atom. The first-order valence-electron chi connectivity index (χ1n) is 10.6. The van der Waals surface area contributed by atoms with Gasteiger partial charge in [-0.15, -0.1) is 0 Å². The van der Waals surface area contributed by atoms with Crippen molar-refractivity contribution in [1.29, 1.82) is 0 Å². The van der Waals surface area contributed by atoms with Crippen LogP contribution in [0.5, 0.6) is 0 Å². The number of hydrogen-bond acceptors (Lipinski definition) is 16. The Bertz CT molecular complexity index is 637. The minimum atomic E-state index is -1.90.